The Hall–Kier alpha value is -3.98. The number of fused-ring (bicyclic) bond motifs is 2. The minimum Gasteiger partial charge on any atom is -0.493 e. The van der Waals surface area contributed by atoms with Crippen molar-refractivity contribution in [2.24, 2.45) is 0 Å². The molecular weight excluding hydrogens is 452 g/mol. The first-order valence-electron chi connectivity index (χ1n) is 10.5. The number of carbonyl (C=O) groups is 1. The number of amides is 2. The van der Waals surface area contributed by atoms with E-state index in [2.05, 4.69) is 10.1 Å². The summed E-state index contributed by atoms with van der Waals surface area (Å²) in [5, 5.41) is 4.08. The van der Waals surface area contributed by atoms with Crippen LogP contribution >= 0.6 is 11.8 Å². The van der Waals surface area contributed by atoms with Gasteiger partial charge in [-0.1, -0.05) is 41.2 Å². The lowest BCUT2D eigenvalue weighted by Crippen LogP contribution is -2.39. The smallest absolute Gasteiger partial charge is 0.329 e. The molecule has 0 aliphatic carbocycles. The summed E-state index contributed by atoms with van der Waals surface area (Å²) in [6, 6.07) is 20.9. The zero-order valence-corrected chi connectivity index (χ0v) is 19.7. The molecule has 2 amide bonds. The number of ether oxygens (including phenoxy) is 2. The molecule has 8 nitrogen and oxygen atoms in total. The van der Waals surface area contributed by atoms with E-state index in [1.165, 1.54) is 0 Å². The quantitative estimate of drug-likeness (QED) is 0.372. The number of nitrogens with zero attached hydrogens (tertiary/aromatic N) is 4. The van der Waals surface area contributed by atoms with E-state index in [-0.39, 0.29) is 12.6 Å². The third-order valence-electron chi connectivity index (χ3n) is 5.43. The molecule has 34 heavy (non-hydrogen) atoms. The van der Waals surface area contributed by atoms with Crippen LogP contribution in [-0.4, -0.2) is 42.3 Å². The fourth-order valence-corrected chi connectivity index (χ4v) is 4.82. The largest absolute Gasteiger partial charge is 0.493 e. The van der Waals surface area contributed by atoms with Gasteiger partial charge in [0.05, 0.1) is 25.6 Å². The maximum Gasteiger partial charge on any atom is 0.329 e. The molecule has 0 spiro atoms. The van der Waals surface area contributed by atoms with Gasteiger partial charge in [0.25, 0.3) is 0 Å². The second-order valence-electron chi connectivity index (χ2n) is 7.59. The molecule has 0 unspecified atom stereocenters. The van der Waals surface area contributed by atoms with E-state index in [0.717, 1.165) is 26.7 Å². The predicted octanol–water partition coefficient (Wildman–Crippen LogP) is 5.61. The molecule has 172 valence electrons. The molecule has 1 aliphatic heterocycles. The maximum atomic E-state index is 13.6. The summed E-state index contributed by atoms with van der Waals surface area (Å²) in [6.07, 6.45) is 0. The molecular formula is C25H22N4O4S. The van der Waals surface area contributed by atoms with Crippen LogP contribution < -0.4 is 14.4 Å². The predicted molar refractivity (Wildman–Crippen MR) is 129 cm³/mol. The normalized spacial score (nSPS) is 12.0. The highest BCUT2D eigenvalue weighted by atomic mass is 32.2. The van der Waals surface area contributed by atoms with Gasteiger partial charge in [-0.25, -0.2) is 4.79 Å². The summed E-state index contributed by atoms with van der Waals surface area (Å²) in [5.41, 5.74) is 2.41. The molecule has 1 aliphatic rings. The third kappa shape index (κ3) is 3.94. The van der Waals surface area contributed by atoms with E-state index in [1.54, 1.807) is 55.0 Å². The lowest BCUT2D eigenvalue weighted by atomic mass is 10.2. The van der Waals surface area contributed by atoms with Crippen molar-refractivity contribution >= 4 is 29.2 Å². The highest BCUT2D eigenvalue weighted by Gasteiger charge is 2.30. The Morgan fingerprint density at radius 3 is 2.26 bits per heavy atom. The molecule has 2 heterocycles. The van der Waals surface area contributed by atoms with Gasteiger partial charge in [0, 0.05) is 22.4 Å². The van der Waals surface area contributed by atoms with E-state index < -0.39 is 0 Å². The lowest BCUT2D eigenvalue weighted by molar-refractivity contribution is 0.208. The van der Waals surface area contributed by atoms with E-state index >= 15 is 0 Å². The maximum absolute atomic E-state index is 13.6. The Morgan fingerprint density at radius 1 is 0.971 bits per heavy atom. The van der Waals surface area contributed by atoms with Gasteiger partial charge in [0.15, 0.2) is 11.5 Å². The standard InChI is InChI=1S/C25H22N4O4S/c1-28(15-23-26-24(27-33-23)16-12-13-19(31-2)20(14-16)32-3)25(30)29-17-8-4-6-10-21(17)34-22-11-7-5-9-18(22)29/h4-14H,15H2,1-3H3. The fraction of sp³-hybridized carbons (Fsp3) is 0.160. The van der Waals surface area contributed by atoms with Crippen LogP contribution in [0.2, 0.25) is 0 Å². The topological polar surface area (TPSA) is 80.9 Å². The second kappa shape index (κ2) is 9.11. The van der Waals surface area contributed by atoms with Gasteiger partial charge in [-0.05, 0) is 42.5 Å². The van der Waals surface area contributed by atoms with Gasteiger partial charge in [0.1, 0.15) is 6.54 Å². The molecule has 0 radical (unpaired) electrons. The average Bonchev–Trinajstić information content (AvgIpc) is 3.34. The summed E-state index contributed by atoms with van der Waals surface area (Å²) in [6.45, 7) is 0.160. The van der Waals surface area contributed by atoms with Gasteiger partial charge in [-0.3, -0.25) is 4.90 Å². The molecule has 0 bridgehead atoms. The van der Waals surface area contributed by atoms with Gasteiger partial charge in [-0.2, -0.15) is 4.98 Å². The first-order chi connectivity index (χ1) is 16.6. The summed E-state index contributed by atoms with van der Waals surface area (Å²) >= 11 is 1.65. The monoisotopic (exact) mass is 474 g/mol. The fourth-order valence-electron chi connectivity index (χ4n) is 3.76. The summed E-state index contributed by atoms with van der Waals surface area (Å²) in [7, 11) is 4.86. The number of rotatable bonds is 5. The number of carbonyl (C=O) groups excluding carboxylic acids is 1. The molecule has 3 aromatic carbocycles. The van der Waals surface area contributed by atoms with E-state index in [4.69, 9.17) is 14.0 Å². The first kappa shape index (κ1) is 21.8. The van der Waals surface area contributed by atoms with Gasteiger partial charge in [-0.15, -0.1) is 0 Å². The van der Waals surface area contributed by atoms with Crippen molar-refractivity contribution < 1.29 is 18.8 Å². The minimum absolute atomic E-state index is 0.160. The number of anilines is 2. The Labute approximate surface area is 201 Å². The minimum atomic E-state index is -0.189. The van der Waals surface area contributed by atoms with Crippen molar-refractivity contribution in [3.63, 3.8) is 0 Å². The molecule has 5 rings (SSSR count). The number of para-hydroxylation sites is 2. The van der Waals surface area contributed by atoms with Crippen LogP contribution in [0.4, 0.5) is 16.2 Å². The van der Waals surface area contributed by atoms with Crippen molar-refractivity contribution in [2.75, 3.05) is 26.2 Å². The van der Waals surface area contributed by atoms with Crippen LogP contribution in [0.25, 0.3) is 11.4 Å². The molecule has 4 aromatic rings. The average molecular weight is 475 g/mol. The van der Waals surface area contributed by atoms with Crippen LogP contribution in [0.1, 0.15) is 5.89 Å². The molecule has 0 atom stereocenters. The van der Waals surface area contributed by atoms with Crippen LogP contribution in [0, 0.1) is 0 Å². The Kier molecular flexibility index (Phi) is 5.85. The number of urea groups is 1. The Balaban J connectivity index is 1.39. The van der Waals surface area contributed by atoms with Gasteiger partial charge >= 0.3 is 6.03 Å². The number of aromatic nitrogens is 2. The van der Waals surface area contributed by atoms with Crippen molar-refractivity contribution in [3.05, 3.63) is 72.6 Å². The molecule has 0 saturated carbocycles. The molecule has 1 aromatic heterocycles. The highest BCUT2D eigenvalue weighted by Crippen LogP contribution is 2.48. The van der Waals surface area contributed by atoms with Crippen molar-refractivity contribution in [2.45, 2.75) is 16.3 Å². The zero-order valence-electron chi connectivity index (χ0n) is 18.9. The van der Waals surface area contributed by atoms with Crippen molar-refractivity contribution in [1.82, 2.24) is 15.0 Å². The molecule has 0 saturated heterocycles. The van der Waals surface area contributed by atoms with Crippen LogP contribution in [0.3, 0.4) is 0 Å². The van der Waals surface area contributed by atoms with Gasteiger partial charge < -0.3 is 18.9 Å². The zero-order chi connectivity index (χ0) is 23.7. The number of hydrogen-bond acceptors (Lipinski definition) is 7. The van der Waals surface area contributed by atoms with E-state index in [9.17, 15) is 4.79 Å². The lowest BCUT2D eigenvalue weighted by Gasteiger charge is -2.33. The van der Waals surface area contributed by atoms with Gasteiger partial charge in [0.2, 0.25) is 11.7 Å². The summed E-state index contributed by atoms with van der Waals surface area (Å²) in [5.74, 6) is 1.91. The van der Waals surface area contributed by atoms with Crippen LogP contribution in [0.5, 0.6) is 11.5 Å². The third-order valence-corrected chi connectivity index (χ3v) is 6.56. The van der Waals surface area contributed by atoms with Crippen molar-refractivity contribution in [3.8, 4) is 22.9 Å². The van der Waals surface area contributed by atoms with E-state index in [0.29, 0.717) is 23.2 Å². The highest BCUT2D eigenvalue weighted by molar-refractivity contribution is 7.99. The number of hydrogen-bond donors (Lipinski definition) is 0. The molecule has 9 heteroatoms. The molecule has 0 fully saturated rings. The second-order valence-corrected chi connectivity index (χ2v) is 8.68. The Morgan fingerprint density at radius 2 is 1.62 bits per heavy atom. The SMILES string of the molecule is COc1ccc(-c2noc(CN(C)C(=O)N3c4ccccc4Sc4ccccc43)n2)cc1OC. The van der Waals surface area contributed by atoms with Crippen LogP contribution in [-0.2, 0) is 6.54 Å². The Bertz CT molecular complexity index is 1310. The van der Waals surface area contributed by atoms with E-state index in [1.807, 2.05) is 54.6 Å². The number of methoxy groups -OCH3 is 2. The summed E-state index contributed by atoms with van der Waals surface area (Å²) < 4.78 is 16.1. The first-order valence-corrected chi connectivity index (χ1v) is 11.4. The molecule has 0 N–H and O–H groups in total. The van der Waals surface area contributed by atoms with Crippen LogP contribution in [0.15, 0.2) is 81.0 Å². The van der Waals surface area contributed by atoms with Crippen molar-refractivity contribution in [1.29, 1.82) is 0 Å². The summed E-state index contributed by atoms with van der Waals surface area (Å²) in [4.78, 5) is 23.4. The number of benzene rings is 3.